The minimum Gasteiger partial charge on any atom is -0.391 e. The number of amides is 1. The highest BCUT2D eigenvalue weighted by molar-refractivity contribution is 5.94. The first-order chi connectivity index (χ1) is 9.20. The van der Waals surface area contributed by atoms with Crippen molar-refractivity contribution >= 4 is 5.91 Å². The molecule has 0 radical (unpaired) electrons. The van der Waals surface area contributed by atoms with E-state index >= 15 is 0 Å². The van der Waals surface area contributed by atoms with Crippen LogP contribution in [0.5, 0.6) is 0 Å². The normalized spacial score (nSPS) is 18.6. The molecule has 0 aliphatic carbocycles. The van der Waals surface area contributed by atoms with Gasteiger partial charge in [0.25, 0.3) is 5.91 Å². The number of β-amino-alcohol motifs (C(OH)–C–C–N with tert-alkyl or cyclic N) is 1. The molecule has 1 saturated heterocycles. The van der Waals surface area contributed by atoms with E-state index in [0.29, 0.717) is 24.2 Å². The second kappa shape index (κ2) is 6.37. The molecule has 0 saturated carbocycles. The van der Waals surface area contributed by atoms with Gasteiger partial charge in [-0.05, 0) is 31.0 Å². The van der Waals surface area contributed by atoms with Crippen molar-refractivity contribution in [2.24, 2.45) is 0 Å². The predicted molar refractivity (Wildman–Crippen MR) is 71.6 cm³/mol. The minimum atomic E-state index is -0.421. The molecule has 1 atom stereocenters. The summed E-state index contributed by atoms with van der Waals surface area (Å²) < 4.78 is 0. The summed E-state index contributed by atoms with van der Waals surface area (Å²) in [6.07, 6.45) is 1.16. The van der Waals surface area contributed by atoms with Gasteiger partial charge in [0, 0.05) is 24.2 Å². The van der Waals surface area contributed by atoms with Gasteiger partial charge in [-0.2, -0.15) is 0 Å². The third kappa shape index (κ3) is 3.57. The summed E-state index contributed by atoms with van der Waals surface area (Å²) in [4.78, 5) is 14.0. The van der Waals surface area contributed by atoms with Crippen molar-refractivity contribution in [3.8, 4) is 11.8 Å². The van der Waals surface area contributed by atoms with Crippen LogP contribution in [-0.2, 0) is 0 Å². The van der Waals surface area contributed by atoms with Crippen molar-refractivity contribution in [3.05, 3.63) is 35.4 Å². The lowest BCUT2D eigenvalue weighted by molar-refractivity contribution is 0.0473. The van der Waals surface area contributed by atoms with Crippen molar-refractivity contribution in [3.63, 3.8) is 0 Å². The smallest absolute Gasteiger partial charge is 0.253 e. The third-order valence-corrected chi connectivity index (χ3v) is 3.11. The van der Waals surface area contributed by atoms with Crippen molar-refractivity contribution in [1.82, 2.24) is 4.90 Å². The molecule has 1 fully saturated rings. The van der Waals surface area contributed by atoms with Gasteiger partial charge in [-0.25, -0.2) is 0 Å². The molecule has 0 aromatic heterocycles. The molecule has 0 spiro atoms. The third-order valence-electron chi connectivity index (χ3n) is 3.11. The van der Waals surface area contributed by atoms with Crippen molar-refractivity contribution in [2.75, 3.05) is 19.7 Å². The fourth-order valence-corrected chi connectivity index (χ4v) is 2.19. The fourth-order valence-electron chi connectivity index (χ4n) is 2.19. The Kier molecular flexibility index (Phi) is 4.56. The van der Waals surface area contributed by atoms with Crippen LogP contribution in [0.1, 0.15) is 28.8 Å². The maximum Gasteiger partial charge on any atom is 0.253 e. The van der Waals surface area contributed by atoms with Gasteiger partial charge in [0.15, 0.2) is 0 Å². The molecule has 19 heavy (non-hydrogen) atoms. The number of likely N-dealkylation sites (tertiary alicyclic amines) is 1. The van der Waals surface area contributed by atoms with Crippen LogP contribution in [0.2, 0.25) is 0 Å². The van der Waals surface area contributed by atoms with E-state index in [2.05, 4.69) is 11.8 Å². The second-order valence-electron chi connectivity index (χ2n) is 4.59. The quantitative estimate of drug-likeness (QED) is 0.727. The van der Waals surface area contributed by atoms with Gasteiger partial charge >= 0.3 is 0 Å². The molecule has 100 valence electrons. The summed E-state index contributed by atoms with van der Waals surface area (Å²) >= 11 is 0. The van der Waals surface area contributed by atoms with E-state index in [1.807, 2.05) is 0 Å². The van der Waals surface area contributed by atoms with Crippen molar-refractivity contribution < 1.29 is 15.0 Å². The van der Waals surface area contributed by atoms with Gasteiger partial charge in [0.05, 0.1) is 6.10 Å². The summed E-state index contributed by atoms with van der Waals surface area (Å²) in [5.41, 5.74) is 1.27. The molecule has 2 rings (SSSR count). The number of hydrogen-bond acceptors (Lipinski definition) is 3. The lowest BCUT2D eigenvalue weighted by atomic mass is 10.1. The summed E-state index contributed by atoms with van der Waals surface area (Å²) in [6.45, 7) is 0.879. The highest BCUT2D eigenvalue weighted by atomic mass is 16.3. The molecular weight excluding hydrogens is 242 g/mol. The van der Waals surface area contributed by atoms with Crippen LogP contribution in [0.4, 0.5) is 0 Å². The first kappa shape index (κ1) is 13.6. The van der Waals surface area contributed by atoms with Crippen molar-refractivity contribution in [1.29, 1.82) is 0 Å². The van der Waals surface area contributed by atoms with Gasteiger partial charge in [0.2, 0.25) is 0 Å². The van der Waals surface area contributed by atoms with E-state index in [1.54, 1.807) is 29.2 Å². The molecule has 1 unspecified atom stereocenters. The van der Waals surface area contributed by atoms with Gasteiger partial charge in [0.1, 0.15) is 6.61 Å². The Labute approximate surface area is 112 Å². The van der Waals surface area contributed by atoms with Crippen LogP contribution in [0, 0.1) is 11.8 Å². The van der Waals surface area contributed by atoms with Crippen LogP contribution in [0.25, 0.3) is 0 Å². The molecule has 1 amide bonds. The second-order valence-corrected chi connectivity index (χ2v) is 4.59. The molecule has 0 bridgehead atoms. The lowest BCUT2D eigenvalue weighted by Gasteiger charge is -2.30. The molecular formula is C15H17NO3. The van der Waals surface area contributed by atoms with Gasteiger partial charge < -0.3 is 15.1 Å². The average Bonchev–Trinajstić information content (AvgIpc) is 2.44. The molecule has 1 aliphatic rings. The maximum atomic E-state index is 12.3. The van der Waals surface area contributed by atoms with Crippen LogP contribution in [0.15, 0.2) is 24.3 Å². The molecule has 1 aromatic rings. The summed E-state index contributed by atoms with van der Waals surface area (Å²) in [5, 5.41) is 18.3. The molecule has 1 heterocycles. The summed E-state index contributed by atoms with van der Waals surface area (Å²) in [7, 11) is 0. The number of rotatable bonds is 1. The fraction of sp³-hybridized carbons (Fsp3) is 0.400. The van der Waals surface area contributed by atoms with Gasteiger partial charge in [-0.3, -0.25) is 4.79 Å². The molecule has 2 N–H and O–H groups in total. The van der Waals surface area contributed by atoms with Crippen LogP contribution in [-0.4, -0.2) is 46.8 Å². The minimum absolute atomic E-state index is 0.0774. The SMILES string of the molecule is O=C(c1cccc(C#CCO)c1)N1CCCC(O)C1. The lowest BCUT2D eigenvalue weighted by Crippen LogP contribution is -2.42. The standard InChI is InChI=1S/C15H17NO3/c17-9-3-5-12-4-1-6-13(10-12)15(19)16-8-2-7-14(18)11-16/h1,4,6,10,14,17-18H,2,7-9,11H2. The Balaban J connectivity index is 2.14. The van der Waals surface area contributed by atoms with E-state index < -0.39 is 6.10 Å². The van der Waals surface area contributed by atoms with Crippen molar-refractivity contribution in [2.45, 2.75) is 18.9 Å². The number of carbonyl (C=O) groups excluding carboxylic acids is 1. The van der Waals surface area contributed by atoms with E-state index in [9.17, 15) is 9.90 Å². The van der Waals surface area contributed by atoms with Gasteiger partial charge in [-0.15, -0.1) is 0 Å². The van der Waals surface area contributed by atoms with Gasteiger partial charge in [-0.1, -0.05) is 17.9 Å². The summed E-state index contributed by atoms with van der Waals surface area (Å²) in [5.74, 6) is 5.26. The van der Waals surface area contributed by atoms with Crippen LogP contribution >= 0.6 is 0 Å². The van der Waals surface area contributed by atoms with Crippen LogP contribution < -0.4 is 0 Å². The number of hydrogen-bond donors (Lipinski definition) is 2. The molecule has 4 nitrogen and oxygen atoms in total. The molecule has 4 heteroatoms. The predicted octanol–water partition coefficient (Wildman–Crippen LogP) is 0.627. The molecule has 1 aliphatic heterocycles. The zero-order valence-electron chi connectivity index (χ0n) is 10.7. The Hall–Kier alpha value is -1.83. The van der Waals surface area contributed by atoms with Crippen LogP contribution in [0.3, 0.4) is 0 Å². The van der Waals surface area contributed by atoms with E-state index in [0.717, 1.165) is 12.8 Å². The Morgan fingerprint density at radius 1 is 1.47 bits per heavy atom. The number of carbonyl (C=O) groups is 1. The number of aliphatic hydroxyl groups is 2. The average molecular weight is 259 g/mol. The number of piperidine rings is 1. The highest BCUT2D eigenvalue weighted by Crippen LogP contribution is 2.14. The van der Waals surface area contributed by atoms with E-state index in [-0.39, 0.29) is 12.5 Å². The highest BCUT2D eigenvalue weighted by Gasteiger charge is 2.22. The molecule has 1 aromatic carbocycles. The largest absolute Gasteiger partial charge is 0.391 e. The van der Waals surface area contributed by atoms with E-state index in [4.69, 9.17) is 5.11 Å². The Bertz CT molecular complexity index is 516. The Morgan fingerprint density at radius 3 is 3.05 bits per heavy atom. The van der Waals surface area contributed by atoms with E-state index in [1.165, 1.54) is 0 Å². The zero-order chi connectivity index (χ0) is 13.7. The first-order valence-electron chi connectivity index (χ1n) is 6.38. The number of nitrogens with zero attached hydrogens (tertiary/aromatic N) is 1. The topological polar surface area (TPSA) is 60.8 Å². The Morgan fingerprint density at radius 2 is 2.32 bits per heavy atom. The maximum absolute atomic E-state index is 12.3. The summed E-state index contributed by atoms with van der Waals surface area (Å²) in [6, 6.07) is 7.03. The monoisotopic (exact) mass is 259 g/mol. The first-order valence-corrected chi connectivity index (χ1v) is 6.38. The number of aliphatic hydroxyl groups excluding tert-OH is 2. The number of benzene rings is 1. The zero-order valence-corrected chi connectivity index (χ0v) is 10.7.